The Morgan fingerprint density at radius 1 is 1.03 bits per heavy atom. The van der Waals surface area contributed by atoms with Gasteiger partial charge in [0.05, 0.1) is 37.3 Å². The number of thiazole rings is 1. The number of sulfone groups is 1. The maximum Gasteiger partial charge on any atom is 0.342 e. The molecule has 0 radical (unpaired) electrons. The lowest BCUT2D eigenvalue weighted by molar-refractivity contribution is -0.384. The van der Waals surface area contributed by atoms with Crippen LogP contribution in [0.15, 0.2) is 51.7 Å². The number of esters is 1. The van der Waals surface area contributed by atoms with Crippen molar-refractivity contribution < 1.29 is 41.9 Å². The molecular weight excluding hydrogens is 518 g/mol. The van der Waals surface area contributed by atoms with Gasteiger partial charge in [-0.05, 0) is 24.3 Å². The lowest BCUT2D eigenvalue weighted by atomic mass is 10.1. The number of anilines is 1. The van der Waals surface area contributed by atoms with Crippen LogP contribution in [-0.4, -0.2) is 58.1 Å². The standard InChI is InChI=1S/C21H19N3O10S2/c1-31-15-9-8-14(18(32-2)19(15)33-3)20(26)34-11-16(25)23-21-22-10-17(35-21)36(29,30)13-6-4-12(5-7-13)24(27)28/h4-10H,11H2,1-3H3,(H,22,23,25). The summed E-state index contributed by atoms with van der Waals surface area (Å²) in [4.78, 5) is 38.5. The number of ether oxygens (including phenoxy) is 4. The molecule has 36 heavy (non-hydrogen) atoms. The Bertz CT molecular complexity index is 1400. The molecule has 13 nitrogen and oxygen atoms in total. The molecule has 1 heterocycles. The number of rotatable bonds is 10. The largest absolute Gasteiger partial charge is 0.493 e. The number of aromatic nitrogens is 1. The van der Waals surface area contributed by atoms with Gasteiger partial charge >= 0.3 is 5.97 Å². The van der Waals surface area contributed by atoms with Gasteiger partial charge in [0.15, 0.2) is 23.2 Å². The SMILES string of the molecule is COc1ccc(C(=O)OCC(=O)Nc2ncc(S(=O)(=O)c3ccc([N+](=O)[O-])cc3)s2)c(OC)c1OC. The monoisotopic (exact) mass is 537 g/mol. The topological polar surface area (TPSA) is 173 Å². The molecule has 0 bridgehead atoms. The molecule has 0 atom stereocenters. The lowest BCUT2D eigenvalue weighted by Gasteiger charge is -2.15. The molecule has 2 aromatic carbocycles. The van der Waals surface area contributed by atoms with E-state index in [2.05, 4.69) is 10.3 Å². The Labute approximate surface area is 208 Å². The number of nitrogens with zero attached hydrogens (tertiary/aromatic N) is 2. The predicted octanol–water partition coefficient (Wildman–Crippen LogP) is 2.71. The van der Waals surface area contributed by atoms with E-state index in [1.165, 1.54) is 33.5 Å². The summed E-state index contributed by atoms with van der Waals surface area (Å²) in [6, 6.07) is 7.20. The van der Waals surface area contributed by atoms with Gasteiger partial charge < -0.3 is 18.9 Å². The van der Waals surface area contributed by atoms with Gasteiger partial charge in [0.25, 0.3) is 11.6 Å². The second kappa shape index (κ2) is 11.0. The second-order valence-electron chi connectivity index (χ2n) is 6.75. The quantitative estimate of drug-likeness (QED) is 0.229. The maximum absolute atomic E-state index is 12.7. The van der Waals surface area contributed by atoms with E-state index in [-0.39, 0.29) is 37.0 Å². The third-order valence-electron chi connectivity index (χ3n) is 4.61. The van der Waals surface area contributed by atoms with Crippen LogP contribution in [0.1, 0.15) is 10.4 Å². The molecule has 0 unspecified atom stereocenters. The molecule has 0 saturated carbocycles. The van der Waals surface area contributed by atoms with Crippen LogP contribution in [0.2, 0.25) is 0 Å². The number of nitro benzene ring substituents is 1. The number of methoxy groups -OCH3 is 3. The maximum atomic E-state index is 12.7. The Kier molecular flexibility index (Phi) is 8.06. The molecule has 0 saturated heterocycles. The molecule has 0 aliphatic carbocycles. The van der Waals surface area contributed by atoms with E-state index in [0.717, 1.165) is 30.5 Å². The minimum atomic E-state index is -4.02. The Balaban J connectivity index is 1.66. The average Bonchev–Trinajstić information content (AvgIpc) is 3.35. The van der Waals surface area contributed by atoms with Crippen molar-refractivity contribution in [3.8, 4) is 17.2 Å². The number of carbonyl (C=O) groups excluding carboxylic acids is 2. The van der Waals surface area contributed by atoms with E-state index in [4.69, 9.17) is 18.9 Å². The molecule has 190 valence electrons. The van der Waals surface area contributed by atoms with Gasteiger partial charge in [0.2, 0.25) is 15.6 Å². The van der Waals surface area contributed by atoms with Crippen molar-refractivity contribution in [1.29, 1.82) is 0 Å². The molecule has 1 amide bonds. The van der Waals surface area contributed by atoms with E-state index >= 15 is 0 Å². The summed E-state index contributed by atoms with van der Waals surface area (Å²) < 4.78 is 45.9. The van der Waals surface area contributed by atoms with E-state index in [0.29, 0.717) is 17.1 Å². The van der Waals surface area contributed by atoms with Gasteiger partial charge in [-0.15, -0.1) is 0 Å². The molecule has 1 N–H and O–H groups in total. The second-order valence-corrected chi connectivity index (χ2v) is 9.95. The molecule has 3 aromatic rings. The summed E-state index contributed by atoms with van der Waals surface area (Å²) in [6.07, 6.45) is 1.04. The number of nitrogens with one attached hydrogen (secondary N) is 1. The highest BCUT2D eigenvalue weighted by molar-refractivity contribution is 7.93. The number of carbonyl (C=O) groups is 2. The van der Waals surface area contributed by atoms with Crippen LogP contribution in [0, 0.1) is 10.1 Å². The fourth-order valence-corrected chi connectivity index (χ4v) is 5.38. The molecule has 15 heteroatoms. The third kappa shape index (κ3) is 5.52. The van der Waals surface area contributed by atoms with E-state index < -0.39 is 33.2 Å². The number of hydrogen-bond donors (Lipinski definition) is 1. The highest BCUT2D eigenvalue weighted by atomic mass is 32.2. The van der Waals surface area contributed by atoms with E-state index in [1.54, 1.807) is 0 Å². The predicted molar refractivity (Wildman–Crippen MR) is 126 cm³/mol. The van der Waals surface area contributed by atoms with Crippen LogP contribution in [-0.2, 0) is 19.4 Å². The van der Waals surface area contributed by atoms with Crippen LogP contribution >= 0.6 is 11.3 Å². The molecule has 3 rings (SSSR count). The van der Waals surface area contributed by atoms with Crippen LogP contribution in [0.25, 0.3) is 0 Å². The summed E-state index contributed by atoms with van der Waals surface area (Å²) in [6.45, 7) is -0.694. The van der Waals surface area contributed by atoms with Crippen molar-refractivity contribution in [2.24, 2.45) is 0 Å². The van der Waals surface area contributed by atoms with E-state index in [9.17, 15) is 28.1 Å². The van der Waals surface area contributed by atoms with Crippen molar-refractivity contribution in [3.63, 3.8) is 0 Å². The molecule has 0 fully saturated rings. The molecule has 0 aliphatic rings. The number of nitro groups is 1. The summed E-state index contributed by atoms with van der Waals surface area (Å²) in [5, 5.41) is 13.1. The first-order valence-corrected chi connectivity index (χ1v) is 12.1. The number of hydrogen-bond acceptors (Lipinski definition) is 12. The fourth-order valence-electron chi connectivity index (χ4n) is 2.93. The first-order valence-electron chi connectivity index (χ1n) is 9.83. The van der Waals surface area contributed by atoms with E-state index in [1.807, 2.05) is 0 Å². The van der Waals surface area contributed by atoms with Crippen molar-refractivity contribution in [2.75, 3.05) is 33.3 Å². The summed E-state index contributed by atoms with van der Waals surface area (Å²) >= 11 is 0.663. The van der Waals surface area contributed by atoms with Gasteiger partial charge in [0.1, 0.15) is 9.77 Å². The average molecular weight is 538 g/mol. The summed E-state index contributed by atoms with van der Waals surface area (Å²) in [5.74, 6) is -1.08. The van der Waals surface area contributed by atoms with Crippen molar-refractivity contribution in [1.82, 2.24) is 4.98 Å². The molecular formula is C21H19N3O10S2. The van der Waals surface area contributed by atoms with Crippen molar-refractivity contribution in [3.05, 3.63) is 58.3 Å². The number of amides is 1. The van der Waals surface area contributed by atoms with Crippen LogP contribution in [0.3, 0.4) is 0 Å². The van der Waals surface area contributed by atoms with Gasteiger partial charge in [-0.1, -0.05) is 11.3 Å². The first kappa shape index (κ1) is 26.4. The van der Waals surface area contributed by atoms with Gasteiger partial charge in [0, 0.05) is 12.1 Å². The molecule has 1 aromatic heterocycles. The molecule has 0 aliphatic heterocycles. The number of benzene rings is 2. The smallest absolute Gasteiger partial charge is 0.342 e. The minimum Gasteiger partial charge on any atom is -0.493 e. The van der Waals surface area contributed by atoms with Crippen LogP contribution in [0.5, 0.6) is 17.2 Å². The fraction of sp³-hybridized carbons (Fsp3) is 0.190. The zero-order valence-corrected chi connectivity index (χ0v) is 20.7. The van der Waals surface area contributed by atoms with Crippen LogP contribution in [0.4, 0.5) is 10.8 Å². The van der Waals surface area contributed by atoms with Gasteiger partial charge in [-0.2, -0.15) is 0 Å². The third-order valence-corrected chi connectivity index (χ3v) is 7.76. The summed E-state index contributed by atoms with van der Waals surface area (Å²) in [7, 11) is 0.0930. The highest BCUT2D eigenvalue weighted by Crippen LogP contribution is 2.40. The Morgan fingerprint density at radius 3 is 2.28 bits per heavy atom. The minimum absolute atomic E-state index is 0.00586. The normalized spacial score (nSPS) is 10.9. The Morgan fingerprint density at radius 2 is 1.69 bits per heavy atom. The Hall–Kier alpha value is -4.24. The zero-order chi connectivity index (χ0) is 26.5. The van der Waals surface area contributed by atoms with Crippen molar-refractivity contribution >= 4 is 43.9 Å². The first-order chi connectivity index (χ1) is 17.1. The molecule has 0 spiro atoms. The van der Waals surface area contributed by atoms with Gasteiger partial charge in [-0.25, -0.2) is 18.2 Å². The lowest BCUT2D eigenvalue weighted by Crippen LogP contribution is -2.21. The highest BCUT2D eigenvalue weighted by Gasteiger charge is 2.24. The number of non-ortho nitro benzene ring substituents is 1. The summed E-state index contributed by atoms with van der Waals surface area (Å²) in [5.41, 5.74) is -0.264. The van der Waals surface area contributed by atoms with Gasteiger partial charge in [-0.3, -0.25) is 20.2 Å². The zero-order valence-electron chi connectivity index (χ0n) is 19.0. The van der Waals surface area contributed by atoms with Crippen molar-refractivity contribution in [2.45, 2.75) is 9.10 Å². The van der Waals surface area contributed by atoms with Crippen LogP contribution < -0.4 is 19.5 Å².